The summed E-state index contributed by atoms with van der Waals surface area (Å²) >= 11 is 0. The van der Waals surface area contributed by atoms with Crippen LogP contribution in [0.5, 0.6) is 0 Å². The molecule has 0 N–H and O–H groups in total. The molecule has 9 heteroatoms. The molecule has 0 aliphatic carbocycles. The molecule has 1 amide bonds. The van der Waals surface area contributed by atoms with Crippen LogP contribution < -0.4 is 4.90 Å². The second-order valence-electron chi connectivity index (χ2n) is 7.25. The molecule has 4 rings (SSSR count). The zero-order chi connectivity index (χ0) is 21.8. The van der Waals surface area contributed by atoms with E-state index in [1.165, 1.54) is 6.07 Å². The van der Waals surface area contributed by atoms with E-state index in [0.717, 1.165) is 17.8 Å². The lowest BCUT2D eigenvalue weighted by molar-refractivity contribution is -0.137. The molecular weight excluding hydrogens is 409 g/mol. The molecule has 0 saturated carbocycles. The van der Waals surface area contributed by atoms with Crippen LogP contribution in [0.25, 0.3) is 11.3 Å². The van der Waals surface area contributed by atoms with Crippen molar-refractivity contribution in [3.8, 4) is 11.3 Å². The molecule has 2 aromatic heterocycles. The second kappa shape index (κ2) is 8.79. The number of halogens is 3. The summed E-state index contributed by atoms with van der Waals surface area (Å²) in [4.78, 5) is 24.4. The van der Waals surface area contributed by atoms with E-state index in [4.69, 9.17) is 4.42 Å². The summed E-state index contributed by atoms with van der Waals surface area (Å²) in [7, 11) is 0. The first-order chi connectivity index (χ1) is 14.9. The Morgan fingerprint density at radius 1 is 0.968 bits per heavy atom. The Bertz CT molecular complexity index is 1010. The SMILES string of the molecule is O=C(CCc1ncc(-c2ccccc2)o1)N1CCN(c2ccc(C(F)(F)F)cn2)CC1. The highest BCUT2D eigenvalue weighted by molar-refractivity contribution is 5.76. The van der Waals surface area contributed by atoms with E-state index >= 15 is 0 Å². The second-order valence-corrected chi connectivity index (χ2v) is 7.25. The minimum Gasteiger partial charge on any atom is -0.441 e. The fourth-order valence-electron chi connectivity index (χ4n) is 3.46. The van der Waals surface area contributed by atoms with Gasteiger partial charge >= 0.3 is 6.18 Å². The number of hydrogen-bond acceptors (Lipinski definition) is 5. The number of aryl methyl sites for hydroxylation is 1. The maximum absolute atomic E-state index is 12.7. The minimum absolute atomic E-state index is 0.000473. The molecule has 1 aliphatic rings. The topological polar surface area (TPSA) is 62.5 Å². The number of anilines is 1. The molecule has 0 radical (unpaired) electrons. The first-order valence-corrected chi connectivity index (χ1v) is 9.96. The van der Waals surface area contributed by atoms with Crippen LogP contribution in [-0.2, 0) is 17.4 Å². The molecule has 162 valence electrons. The van der Waals surface area contributed by atoms with E-state index in [0.29, 0.717) is 50.1 Å². The Balaban J connectivity index is 1.26. The van der Waals surface area contributed by atoms with Gasteiger partial charge in [0.15, 0.2) is 11.7 Å². The lowest BCUT2D eigenvalue weighted by Gasteiger charge is -2.35. The summed E-state index contributed by atoms with van der Waals surface area (Å²) in [5.41, 5.74) is 0.160. The standard InChI is InChI=1S/C22H21F3N4O2/c23-22(24,25)17-6-7-19(26-14-17)28-10-12-29(13-11-28)21(30)9-8-20-27-15-18(31-20)16-4-2-1-3-5-16/h1-7,14-15H,8-13H2. The Labute approximate surface area is 177 Å². The molecule has 0 spiro atoms. The summed E-state index contributed by atoms with van der Waals surface area (Å²) in [6, 6.07) is 12.0. The summed E-state index contributed by atoms with van der Waals surface area (Å²) in [6.07, 6.45) is -1.21. The number of amides is 1. The lowest BCUT2D eigenvalue weighted by atomic mass is 10.2. The average Bonchev–Trinajstić information content (AvgIpc) is 3.27. The maximum atomic E-state index is 12.7. The highest BCUT2D eigenvalue weighted by Gasteiger charge is 2.31. The quantitative estimate of drug-likeness (QED) is 0.612. The van der Waals surface area contributed by atoms with Crippen LogP contribution in [0, 0.1) is 0 Å². The average molecular weight is 430 g/mol. The van der Waals surface area contributed by atoms with E-state index in [1.54, 1.807) is 11.1 Å². The van der Waals surface area contributed by atoms with Gasteiger partial charge in [-0.25, -0.2) is 9.97 Å². The van der Waals surface area contributed by atoms with Crippen LogP contribution in [0.1, 0.15) is 17.9 Å². The normalized spacial score (nSPS) is 14.7. The zero-order valence-electron chi connectivity index (χ0n) is 16.7. The first kappa shape index (κ1) is 20.9. The monoisotopic (exact) mass is 430 g/mol. The predicted molar refractivity (Wildman–Crippen MR) is 108 cm³/mol. The van der Waals surface area contributed by atoms with Crippen molar-refractivity contribution in [1.29, 1.82) is 0 Å². The third kappa shape index (κ3) is 5.04. The van der Waals surface area contributed by atoms with Crippen LogP contribution in [0.3, 0.4) is 0 Å². The van der Waals surface area contributed by atoms with Crippen molar-refractivity contribution in [2.24, 2.45) is 0 Å². The van der Waals surface area contributed by atoms with Gasteiger partial charge in [0.25, 0.3) is 0 Å². The number of benzene rings is 1. The van der Waals surface area contributed by atoms with Gasteiger partial charge in [-0.15, -0.1) is 0 Å². The molecule has 6 nitrogen and oxygen atoms in total. The summed E-state index contributed by atoms with van der Waals surface area (Å²) in [5, 5.41) is 0. The minimum atomic E-state index is -4.40. The van der Waals surface area contributed by atoms with Gasteiger partial charge in [-0.2, -0.15) is 13.2 Å². The first-order valence-electron chi connectivity index (χ1n) is 9.96. The summed E-state index contributed by atoms with van der Waals surface area (Å²) in [5.74, 6) is 1.66. The van der Waals surface area contributed by atoms with Crippen LogP contribution in [0.15, 0.2) is 59.3 Å². The van der Waals surface area contributed by atoms with E-state index < -0.39 is 11.7 Å². The van der Waals surface area contributed by atoms with Crippen molar-refractivity contribution in [3.05, 3.63) is 66.3 Å². The molecule has 0 unspecified atom stereocenters. The van der Waals surface area contributed by atoms with Gasteiger partial charge < -0.3 is 14.2 Å². The van der Waals surface area contributed by atoms with E-state index in [1.807, 2.05) is 35.2 Å². The third-order valence-corrected chi connectivity index (χ3v) is 5.20. The summed E-state index contributed by atoms with van der Waals surface area (Å²) < 4.78 is 43.8. The number of pyridine rings is 1. The Morgan fingerprint density at radius 3 is 2.35 bits per heavy atom. The van der Waals surface area contributed by atoms with E-state index in [2.05, 4.69) is 9.97 Å². The molecule has 1 aromatic carbocycles. The van der Waals surface area contributed by atoms with Gasteiger partial charge in [0.05, 0.1) is 11.8 Å². The van der Waals surface area contributed by atoms with Crippen LogP contribution in [0.4, 0.5) is 19.0 Å². The number of piperazine rings is 1. The maximum Gasteiger partial charge on any atom is 0.417 e. The number of hydrogen-bond donors (Lipinski definition) is 0. The van der Waals surface area contributed by atoms with Crippen LogP contribution in [0.2, 0.25) is 0 Å². The number of carbonyl (C=O) groups excluding carboxylic acids is 1. The van der Waals surface area contributed by atoms with Crippen LogP contribution in [-0.4, -0.2) is 47.0 Å². The number of nitrogens with zero attached hydrogens (tertiary/aromatic N) is 4. The number of carbonyl (C=O) groups is 1. The number of aromatic nitrogens is 2. The zero-order valence-corrected chi connectivity index (χ0v) is 16.7. The van der Waals surface area contributed by atoms with Crippen molar-refractivity contribution >= 4 is 11.7 Å². The number of alkyl halides is 3. The number of oxazole rings is 1. The molecular formula is C22H21F3N4O2. The van der Waals surface area contributed by atoms with E-state index in [-0.39, 0.29) is 12.3 Å². The highest BCUT2D eigenvalue weighted by atomic mass is 19.4. The fraction of sp³-hybridized carbons (Fsp3) is 0.318. The highest BCUT2D eigenvalue weighted by Crippen LogP contribution is 2.29. The molecule has 1 fully saturated rings. The molecule has 0 atom stereocenters. The predicted octanol–water partition coefficient (Wildman–Crippen LogP) is 4.04. The van der Waals surface area contributed by atoms with E-state index in [9.17, 15) is 18.0 Å². The van der Waals surface area contributed by atoms with Gasteiger partial charge in [-0.3, -0.25) is 4.79 Å². The van der Waals surface area contributed by atoms with Crippen molar-refractivity contribution in [2.45, 2.75) is 19.0 Å². The smallest absolute Gasteiger partial charge is 0.417 e. The van der Waals surface area contributed by atoms with Gasteiger partial charge in [-0.05, 0) is 12.1 Å². The van der Waals surface area contributed by atoms with Gasteiger partial charge in [0.2, 0.25) is 5.91 Å². The van der Waals surface area contributed by atoms with Crippen molar-refractivity contribution < 1.29 is 22.4 Å². The lowest BCUT2D eigenvalue weighted by Crippen LogP contribution is -2.49. The van der Waals surface area contributed by atoms with Crippen molar-refractivity contribution in [1.82, 2.24) is 14.9 Å². The summed E-state index contributed by atoms with van der Waals surface area (Å²) in [6.45, 7) is 2.01. The van der Waals surface area contributed by atoms with Crippen molar-refractivity contribution in [3.63, 3.8) is 0 Å². The van der Waals surface area contributed by atoms with Crippen molar-refractivity contribution in [2.75, 3.05) is 31.1 Å². The Hall–Kier alpha value is -3.36. The molecule has 31 heavy (non-hydrogen) atoms. The van der Waals surface area contributed by atoms with Gasteiger partial charge in [-0.1, -0.05) is 30.3 Å². The van der Waals surface area contributed by atoms with Crippen LogP contribution >= 0.6 is 0 Å². The van der Waals surface area contributed by atoms with Gasteiger partial charge in [0, 0.05) is 50.8 Å². The molecule has 3 heterocycles. The van der Waals surface area contributed by atoms with Gasteiger partial charge in [0.1, 0.15) is 5.82 Å². The molecule has 1 aliphatic heterocycles. The fourth-order valence-corrected chi connectivity index (χ4v) is 3.46. The largest absolute Gasteiger partial charge is 0.441 e. The Kier molecular flexibility index (Phi) is 5.92. The Morgan fingerprint density at radius 2 is 1.71 bits per heavy atom. The molecule has 0 bridgehead atoms. The third-order valence-electron chi connectivity index (χ3n) is 5.20. The number of rotatable bonds is 5. The molecule has 3 aromatic rings. The molecule has 1 saturated heterocycles.